The van der Waals surface area contributed by atoms with Crippen molar-refractivity contribution in [1.82, 2.24) is 19.2 Å². The SMILES string of the molecule is Cc1ccc(C(=O)Cc2ccc(CN3CC[C@H](N(C)C)C3)c(C(F)(F)F)c2)cc1C#Cc1cnc2ccccn12. The number of rotatable bonds is 6. The Labute approximate surface area is 232 Å². The maximum Gasteiger partial charge on any atom is 0.416 e. The maximum absolute atomic E-state index is 14.0. The van der Waals surface area contributed by atoms with Crippen LogP contribution in [0.4, 0.5) is 13.2 Å². The molecule has 2 aromatic heterocycles. The topological polar surface area (TPSA) is 40.9 Å². The first-order chi connectivity index (χ1) is 19.1. The number of likely N-dealkylation sites (tertiary alicyclic amines) is 1. The van der Waals surface area contributed by atoms with Crippen LogP contribution in [0.5, 0.6) is 0 Å². The van der Waals surface area contributed by atoms with Crippen molar-refractivity contribution in [2.24, 2.45) is 0 Å². The number of carbonyl (C=O) groups is 1. The fraction of sp³-hybridized carbons (Fsp3) is 0.312. The van der Waals surface area contributed by atoms with Crippen molar-refractivity contribution in [3.8, 4) is 11.8 Å². The molecule has 0 N–H and O–H groups in total. The quantitative estimate of drug-likeness (QED) is 0.233. The summed E-state index contributed by atoms with van der Waals surface area (Å²) in [6.45, 7) is 3.64. The van der Waals surface area contributed by atoms with E-state index in [0.717, 1.165) is 42.5 Å². The number of aryl methyl sites for hydroxylation is 1. The molecular formula is C32H31F3N4O. The summed E-state index contributed by atoms with van der Waals surface area (Å²) in [6, 6.07) is 15.5. The molecule has 1 saturated heterocycles. The number of Topliss-reactive ketones (excluding diaryl/α,β-unsaturated/α-hetero) is 1. The smallest absolute Gasteiger partial charge is 0.305 e. The van der Waals surface area contributed by atoms with Crippen molar-refractivity contribution >= 4 is 11.4 Å². The van der Waals surface area contributed by atoms with E-state index in [1.54, 1.807) is 24.4 Å². The molecule has 0 unspecified atom stereocenters. The van der Waals surface area contributed by atoms with E-state index in [9.17, 15) is 18.0 Å². The number of alkyl halides is 3. The van der Waals surface area contributed by atoms with Crippen LogP contribution in [-0.4, -0.2) is 58.2 Å². The van der Waals surface area contributed by atoms with Gasteiger partial charge in [-0.05, 0) is 74.3 Å². The van der Waals surface area contributed by atoms with Gasteiger partial charge in [0, 0.05) is 49.4 Å². The number of imidazole rings is 1. The van der Waals surface area contributed by atoms with E-state index >= 15 is 0 Å². The number of hydrogen-bond acceptors (Lipinski definition) is 4. The van der Waals surface area contributed by atoms with Crippen molar-refractivity contribution in [2.45, 2.75) is 38.5 Å². The highest BCUT2D eigenvalue weighted by atomic mass is 19.4. The predicted octanol–water partition coefficient (Wildman–Crippen LogP) is 5.62. The monoisotopic (exact) mass is 544 g/mol. The van der Waals surface area contributed by atoms with E-state index in [1.165, 1.54) is 6.07 Å². The van der Waals surface area contributed by atoms with Crippen molar-refractivity contribution in [2.75, 3.05) is 27.2 Å². The number of ketones is 1. The van der Waals surface area contributed by atoms with E-state index in [0.29, 0.717) is 22.7 Å². The van der Waals surface area contributed by atoms with Gasteiger partial charge in [0.15, 0.2) is 5.78 Å². The van der Waals surface area contributed by atoms with E-state index in [1.807, 2.05) is 55.9 Å². The first-order valence-corrected chi connectivity index (χ1v) is 13.2. The van der Waals surface area contributed by atoms with Crippen molar-refractivity contribution in [3.63, 3.8) is 0 Å². The highest BCUT2D eigenvalue weighted by Gasteiger charge is 2.35. The highest BCUT2D eigenvalue weighted by Crippen LogP contribution is 2.34. The van der Waals surface area contributed by atoms with Gasteiger partial charge in [-0.15, -0.1) is 0 Å². The number of hydrogen-bond donors (Lipinski definition) is 0. The van der Waals surface area contributed by atoms with Crippen LogP contribution in [0, 0.1) is 18.8 Å². The van der Waals surface area contributed by atoms with Gasteiger partial charge in [-0.1, -0.05) is 36.3 Å². The van der Waals surface area contributed by atoms with Crippen LogP contribution in [0.1, 0.15) is 50.3 Å². The van der Waals surface area contributed by atoms with Gasteiger partial charge in [0.25, 0.3) is 0 Å². The summed E-state index contributed by atoms with van der Waals surface area (Å²) in [4.78, 5) is 21.7. The highest BCUT2D eigenvalue weighted by molar-refractivity contribution is 5.98. The minimum absolute atomic E-state index is 0.126. The Kier molecular flexibility index (Phi) is 7.79. The van der Waals surface area contributed by atoms with Gasteiger partial charge in [0.05, 0.1) is 11.8 Å². The lowest BCUT2D eigenvalue weighted by Crippen LogP contribution is -2.31. The Morgan fingerprint density at radius 1 is 1.10 bits per heavy atom. The van der Waals surface area contributed by atoms with Crippen LogP contribution in [0.2, 0.25) is 0 Å². The molecule has 2 aromatic carbocycles. The molecule has 0 aliphatic carbocycles. The summed E-state index contributed by atoms with van der Waals surface area (Å²) in [5.41, 5.74) is 3.42. The van der Waals surface area contributed by atoms with Crippen LogP contribution in [0.25, 0.3) is 5.65 Å². The number of fused-ring (bicyclic) bond motifs is 1. The lowest BCUT2D eigenvalue weighted by Gasteiger charge is -2.22. The van der Waals surface area contributed by atoms with E-state index in [-0.39, 0.29) is 24.3 Å². The average Bonchev–Trinajstić information content (AvgIpc) is 3.56. The van der Waals surface area contributed by atoms with E-state index < -0.39 is 11.7 Å². The molecule has 0 bridgehead atoms. The molecule has 0 amide bonds. The second-order valence-electron chi connectivity index (χ2n) is 10.6. The minimum Gasteiger partial charge on any atom is -0.305 e. The fourth-order valence-corrected chi connectivity index (χ4v) is 5.13. The number of carbonyl (C=O) groups excluding carboxylic acids is 1. The Hall–Kier alpha value is -3.93. The zero-order valence-corrected chi connectivity index (χ0v) is 22.8. The molecule has 5 nitrogen and oxygen atoms in total. The van der Waals surface area contributed by atoms with Gasteiger partial charge in [0.1, 0.15) is 11.3 Å². The molecule has 1 aliphatic heterocycles. The average molecular weight is 545 g/mol. The molecule has 1 atom stereocenters. The number of benzene rings is 2. The van der Waals surface area contributed by atoms with Gasteiger partial charge in [-0.2, -0.15) is 13.2 Å². The first-order valence-electron chi connectivity index (χ1n) is 13.2. The lowest BCUT2D eigenvalue weighted by atomic mass is 9.96. The third-order valence-electron chi connectivity index (χ3n) is 7.52. The van der Waals surface area contributed by atoms with Crippen LogP contribution < -0.4 is 0 Å². The Morgan fingerprint density at radius 3 is 2.67 bits per heavy atom. The molecular weight excluding hydrogens is 513 g/mol. The van der Waals surface area contributed by atoms with Gasteiger partial charge >= 0.3 is 6.18 Å². The third-order valence-corrected chi connectivity index (χ3v) is 7.52. The summed E-state index contributed by atoms with van der Waals surface area (Å²) < 4.78 is 44.0. The second kappa shape index (κ2) is 11.3. The van der Waals surface area contributed by atoms with Gasteiger partial charge in [-0.25, -0.2) is 4.98 Å². The Morgan fingerprint density at radius 2 is 1.93 bits per heavy atom. The number of pyridine rings is 1. The summed E-state index contributed by atoms with van der Waals surface area (Å²) >= 11 is 0. The van der Waals surface area contributed by atoms with Crippen LogP contribution in [0.15, 0.2) is 67.0 Å². The Balaban J connectivity index is 1.34. The molecule has 8 heteroatoms. The molecule has 0 spiro atoms. The number of aromatic nitrogens is 2. The van der Waals surface area contributed by atoms with Crippen molar-refractivity contribution < 1.29 is 18.0 Å². The maximum atomic E-state index is 14.0. The first kappa shape index (κ1) is 27.6. The van der Waals surface area contributed by atoms with Crippen LogP contribution in [-0.2, 0) is 19.1 Å². The van der Waals surface area contributed by atoms with Gasteiger partial charge in [-0.3, -0.25) is 14.1 Å². The summed E-state index contributed by atoms with van der Waals surface area (Å²) in [6.07, 6.45) is -0.119. The predicted molar refractivity (Wildman–Crippen MR) is 149 cm³/mol. The molecule has 3 heterocycles. The largest absolute Gasteiger partial charge is 0.416 e. The summed E-state index contributed by atoms with van der Waals surface area (Å²) in [5, 5.41) is 0. The van der Waals surface area contributed by atoms with Crippen LogP contribution >= 0.6 is 0 Å². The number of nitrogens with zero attached hydrogens (tertiary/aromatic N) is 4. The normalized spacial score (nSPS) is 15.9. The van der Waals surface area contributed by atoms with Crippen molar-refractivity contribution in [3.05, 3.63) is 106 Å². The van der Waals surface area contributed by atoms with Gasteiger partial charge in [0.2, 0.25) is 0 Å². The van der Waals surface area contributed by atoms with Crippen molar-refractivity contribution in [1.29, 1.82) is 0 Å². The van der Waals surface area contributed by atoms with E-state index in [2.05, 4.69) is 26.6 Å². The third kappa shape index (κ3) is 6.11. The zero-order valence-electron chi connectivity index (χ0n) is 22.8. The fourth-order valence-electron chi connectivity index (χ4n) is 5.13. The molecule has 5 rings (SSSR count). The van der Waals surface area contributed by atoms with Crippen LogP contribution in [0.3, 0.4) is 0 Å². The molecule has 206 valence electrons. The summed E-state index contributed by atoms with van der Waals surface area (Å²) in [7, 11) is 3.98. The Bertz CT molecular complexity index is 1610. The molecule has 40 heavy (non-hydrogen) atoms. The number of halogens is 3. The lowest BCUT2D eigenvalue weighted by molar-refractivity contribution is -0.138. The van der Waals surface area contributed by atoms with Gasteiger partial charge < -0.3 is 4.90 Å². The zero-order chi connectivity index (χ0) is 28.4. The molecule has 4 aromatic rings. The molecule has 0 saturated carbocycles. The minimum atomic E-state index is -4.50. The molecule has 0 radical (unpaired) electrons. The summed E-state index contributed by atoms with van der Waals surface area (Å²) in [5.74, 6) is 5.99. The number of likely N-dealkylation sites (N-methyl/N-ethyl adjacent to an activating group) is 1. The molecule has 1 aliphatic rings. The standard InChI is InChI=1S/C32H31F3N4O/c1-22-7-9-25(18-24(22)11-12-27-19-36-31-6-4-5-14-39(27)31)30(40)17-23-8-10-26(29(16-23)32(33,34)35)20-38-15-13-28(21-38)37(2)3/h4-10,14,16,18-19,28H,13,15,17,20-21H2,1-3H3/t28-/m0/s1. The second-order valence-corrected chi connectivity index (χ2v) is 10.6. The molecule has 1 fully saturated rings. The van der Waals surface area contributed by atoms with E-state index in [4.69, 9.17) is 0 Å².